The molecule has 0 saturated carbocycles. The lowest BCUT2D eigenvalue weighted by molar-refractivity contribution is -0.129. The number of ether oxygens (including phenoxy) is 1. The van der Waals surface area contributed by atoms with Gasteiger partial charge in [-0.05, 0) is 43.2 Å². The molecular weight excluding hydrogens is 387 g/mol. The second kappa shape index (κ2) is 7.67. The fourth-order valence-electron chi connectivity index (χ4n) is 4.00. The highest BCUT2D eigenvalue weighted by Gasteiger charge is 2.43. The van der Waals surface area contributed by atoms with Gasteiger partial charge in [0, 0.05) is 29.2 Å². The third kappa shape index (κ3) is 3.22. The third-order valence-corrected chi connectivity index (χ3v) is 5.48. The summed E-state index contributed by atoms with van der Waals surface area (Å²) in [5.74, 6) is -1.58. The molecule has 4 rings (SSSR count). The highest BCUT2D eigenvalue weighted by atomic mass is 19.1. The predicted octanol–water partition coefficient (Wildman–Crippen LogP) is 3.84. The van der Waals surface area contributed by atoms with E-state index in [4.69, 9.17) is 4.74 Å². The summed E-state index contributed by atoms with van der Waals surface area (Å²) in [7, 11) is 1.59. The van der Waals surface area contributed by atoms with Crippen molar-refractivity contribution in [1.29, 1.82) is 0 Å². The van der Waals surface area contributed by atoms with Crippen LogP contribution in [-0.4, -0.2) is 40.3 Å². The molecule has 1 aromatic heterocycles. The fourth-order valence-corrected chi connectivity index (χ4v) is 4.00. The van der Waals surface area contributed by atoms with E-state index in [2.05, 4.69) is 4.98 Å². The van der Waals surface area contributed by atoms with Gasteiger partial charge in [0.15, 0.2) is 11.5 Å². The van der Waals surface area contributed by atoms with Gasteiger partial charge < -0.3 is 19.7 Å². The Balaban J connectivity index is 1.68. The van der Waals surface area contributed by atoms with Gasteiger partial charge in [-0.3, -0.25) is 9.59 Å². The van der Waals surface area contributed by atoms with Gasteiger partial charge >= 0.3 is 0 Å². The van der Waals surface area contributed by atoms with Crippen LogP contribution in [0.1, 0.15) is 24.1 Å². The number of nitrogens with zero attached hydrogens (tertiary/aromatic N) is 1. The van der Waals surface area contributed by atoms with Gasteiger partial charge in [0.05, 0.1) is 18.7 Å². The van der Waals surface area contributed by atoms with Crippen LogP contribution in [0.5, 0.6) is 5.75 Å². The van der Waals surface area contributed by atoms with Crippen molar-refractivity contribution in [3.05, 3.63) is 76.9 Å². The molecule has 0 saturated heterocycles. The quantitative estimate of drug-likeness (QED) is 0.649. The number of amides is 1. The summed E-state index contributed by atoms with van der Waals surface area (Å²) in [6.45, 7) is 1.46. The van der Waals surface area contributed by atoms with Crippen molar-refractivity contribution in [2.24, 2.45) is 0 Å². The van der Waals surface area contributed by atoms with Crippen molar-refractivity contribution >= 4 is 22.6 Å². The molecule has 2 aromatic carbocycles. The van der Waals surface area contributed by atoms with E-state index in [0.717, 1.165) is 16.5 Å². The number of aromatic amines is 1. The molecule has 7 heteroatoms. The summed E-state index contributed by atoms with van der Waals surface area (Å²) in [6, 6.07) is 10.7. The molecule has 0 fully saturated rings. The molecule has 0 radical (unpaired) electrons. The molecule has 3 aromatic rings. The normalized spacial score (nSPS) is 16.6. The Kier molecular flexibility index (Phi) is 5.03. The first kappa shape index (κ1) is 19.7. The van der Waals surface area contributed by atoms with Crippen LogP contribution in [0.25, 0.3) is 10.9 Å². The molecule has 6 nitrogen and oxygen atoms in total. The number of ketones is 1. The number of aromatic nitrogens is 1. The number of H-pyrrole nitrogens is 1. The number of halogens is 1. The van der Waals surface area contributed by atoms with E-state index in [1.165, 1.54) is 30.0 Å². The van der Waals surface area contributed by atoms with Gasteiger partial charge in [0.25, 0.3) is 5.91 Å². The van der Waals surface area contributed by atoms with Crippen molar-refractivity contribution in [3.63, 3.8) is 0 Å². The monoisotopic (exact) mass is 408 g/mol. The van der Waals surface area contributed by atoms with Crippen LogP contribution in [0, 0.1) is 5.82 Å². The lowest BCUT2D eigenvalue weighted by atomic mass is 9.96. The first-order valence-corrected chi connectivity index (χ1v) is 9.55. The summed E-state index contributed by atoms with van der Waals surface area (Å²) in [4.78, 5) is 29.5. The molecule has 0 aliphatic carbocycles. The predicted molar refractivity (Wildman–Crippen MR) is 110 cm³/mol. The summed E-state index contributed by atoms with van der Waals surface area (Å²) in [5.41, 5.74) is 1.97. The maximum atomic E-state index is 14.5. The highest BCUT2D eigenvalue weighted by Crippen LogP contribution is 2.39. The molecule has 1 aliphatic heterocycles. The van der Waals surface area contributed by atoms with E-state index in [1.807, 2.05) is 24.4 Å². The average molecular weight is 408 g/mol. The van der Waals surface area contributed by atoms with Crippen LogP contribution in [0.2, 0.25) is 0 Å². The molecule has 0 unspecified atom stereocenters. The van der Waals surface area contributed by atoms with Crippen LogP contribution in [0.3, 0.4) is 0 Å². The third-order valence-electron chi connectivity index (χ3n) is 5.48. The van der Waals surface area contributed by atoms with E-state index in [9.17, 15) is 19.1 Å². The van der Waals surface area contributed by atoms with E-state index in [1.54, 1.807) is 13.2 Å². The summed E-state index contributed by atoms with van der Waals surface area (Å²) < 4.78 is 19.8. The maximum Gasteiger partial charge on any atom is 0.290 e. The lowest BCUT2D eigenvalue weighted by Crippen LogP contribution is -2.33. The number of aliphatic hydroxyl groups excluding tert-OH is 1. The molecule has 154 valence electrons. The first-order chi connectivity index (χ1) is 14.4. The number of rotatable bonds is 6. The summed E-state index contributed by atoms with van der Waals surface area (Å²) in [6.07, 6.45) is 2.30. The van der Waals surface area contributed by atoms with Crippen molar-refractivity contribution in [1.82, 2.24) is 9.88 Å². The molecule has 2 heterocycles. The SMILES string of the molecule is COc1ccc2[nH]cc(CCN3C(=O)C(O)=C(C(C)=O)[C@H]3c3ccccc3F)c2c1. The number of Topliss-reactive ketones (excluding diaryl/α,β-unsaturated/α-hetero) is 1. The van der Waals surface area contributed by atoms with Crippen LogP contribution >= 0.6 is 0 Å². The van der Waals surface area contributed by atoms with E-state index < -0.39 is 29.3 Å². The second-order valence-electron chi connectivity index (χ2n) is 7.22. The van der Waals surface area contributed by atoms with Crippen LogP contribution in [-0.2, 0) is 16.0 Å². The number of hydrogen-bond donors (Lipinski definition) is 2. The van der Waals surface area contributed by atoms with Crippen molar-refractivity contribution in [2.45, 2.75) is 19.4 Å². The Bertz CT molecular complexity index is 1180. The zero-order chi connectivity index (χ0) is 21.4. The lowest BCUT2D eigenvalue weighted by Gasteiger charge is -2.26. The van der Waals surface area contributed by atoms with Crippen molar-refractivity contribution < 1.29 is 23.8 Å². The minimum Gasteiger partial charge on any atom is -0.503 e. The van der Waals surface area contributed by atoms with Gasteiger partial charge in [-0.25, -0.2) is 4.39 Å². The maximum absolute atomic E-state index is 14.5. The zero-order valence-electron chi connectivity index (χ0n) is 16.6. The number of aliphatic hydroxyl groups is 1. The fraction of sp³-hybridized carbons (Fsp3) is 0.217. The minimum absolute atomic E-state index is 0.0781. The number of hydrogen-bond acceptors (Lipinski definition) is 4. The molecule has 1 atom stereocenters. The molecular formula is C23H21FN2O4. The zero-order valence-corrected chi connectivity index (χ0v) is 16.6. The van der Waals surface area contributed by atoms with Gasteiger partial charge in [-0.15, -0.1) is 0 Å². The number of benzene rings is 2. The van der Waals surface area contributed by atoms with Crippen LogP contribution < -0.4 is 4.74 Å². The molecule has 0 spiro atoms. The molecule has 2 N–H and O–H groups in total. The molecule has 0 bridgehead atoms. The smallest absolute Gasteiger partial charge is 0.290 e. The number of carbonyl (C=O) groups excluding carboxylic acids is 2. The number of fused-ring (bicyclic) bond motifs is 1. The van der Waals surface area contributed by atoms with Crippen LogP contribution in [0.4, 0.5) is 4.39 Å². The van der Waals surface area contributed by atoms with Gasteiger partial charge in [-0.1, -0.05) is 18.2 Å². The number of methoxy groups -OCH3 is 1. The largest absolute Gasteiger partial charge is 0.503 e. The molecule has 1 aliphatic rings. The minimum atomic E-state index is -0.962. The van der Waals surface area contributed by atoms with Gasteiger partial charge in [0.2, 0.25) is 0 Å². The Morgan fingerprint density at radius 3 is 2.73 bits per heavy atom. The standard InChI is InChI=1S/C23H21FN2O4/c1-13(27)20-21(16-5-3-4-6-18(16)24)26(23(29)22(20)28)10-9-14-12-25-19-8-7-15(30-2)11-17(14)19/h3-8,11-12,21,25,28H,9-10H2,1-2H3/t21-/m1/s1. The van der Waals surface area contributed by atoms with Crippen LogP contribution in [0.15, 0.2) is 60.0 Å². The average Bonchev–Trinajstić information content (AvgIpc) is 3.25. The topological polar surface area (TPSA) is 82.6 Å². The van der Waals surface area contributed by atoms with E-state index in [-0.39, 0.29) is 17.7 Å². The highest BCUT2D eigenvalue weighted by molar-refractivity contribution is 6.08. The van der Waals surface area contributed by atoms with Crippen molar-refractivity contribution in [2.75, 3.05) is 13.7 Å². The Hall–Kier alpha value is -3.61. The van der Waals surface area contributed by atoms with Crippen molar-refractivity contribution in [3.8, 4) is 5.75 Å². The molecule has 30 heavy (non-hydrogen) atoms. The van der Waals surface area contributed by atoms with E-state index in [0.29, 0.717) is 12.2 Å². The Morgan fingerprint density at radius 1 is 1.27 bits per heavy atom. The summed E-state index contributed by atoms with van der Waals surface area (Å²) >= 11 is 0. The van der Waals surface area contributed by atoms with E-state index >= 15 is 0 Å². The van der Waals surface area contributed by atoms with Gasteiger partial charge in [0.1, 0.15) is 11.6 Å². The second-order valence-corrected chi connectivity index (χ2v) is 7.22. The number of carbonyl (C=O) groups is 2. The summed E-state index contributed by atoms with van der Waals surface area (Å²) in [5, 5.41) is 11.3. The molecule has 1 amide bonds. The Labute approximate surface area is 172 Å². The number of nitrogens with one attached hydrogen (secondary N) is 1. The van der Waals surface area contributed by atoms with Gasteiger partial charge in [-0.2, -0.15) is 0 Å². The Morgan fingerprint density at radius 2 is 2.03 bits per heavy atom. The first-order valence-electron chi connectivity index (χ1n) is 9.55.